The normalized spacial score (nSPS) is 16.9. The standard InChI is InChI=1S/C19H23N3O2/c1-23-16-7-5-6-14(12-16)18-13-15(10-11-20)21-22(18)17-8-3-4-9-19(17)24-2/h3-9,12,18H,10-11,13,20H2,1-2H3. The van der Waals surface area contributed by atoms with Gasteiger partial charge in [0.2, 0.25) is 0 Å². The van der Waals surface area contributed by atoms with Crippen LogP contribution < -0.4 is 20.2 Å². The number of hydrazone groups is 1. The Hall–Kier alpha value is -2.53. The van der Waals surface area contributed by atoms with E-state index in [-0.39, 0.29) is 6.04 Å². The number of nitrogens with zero attached hydrogens (tertiary/aromatic N) is 2. The average molecular weight is 325 g/mol. The Bertz CT molecular complexity index is 730. The molecule has 2 N–H and O–H groups in total. The van der Waals surface area contributed by atoms with Gasteiger partial charge in [0, 0.05) is 12.1 Å². The van der Waals surface area contributed by atoms with Gasteiger partial charge < -0.3 is 15.2 Å². The summed E-state index contributed by atoms with van der Waals surface area (Å²) >= 11 is 0. The molecule has 1 aliphatic heterocycles. The van der Waals surface area contributed by atoms with Crippen LogP contribution in [0.5, 0.6) is 11.5 Å². The third-order valence-electron chi connectivity index (χ3n) is 4.22. The fraction of sp³-hybridized carbons (Fsp3) is 0.316. The second-order valence-electron chi connectivity index (χ2n) is 5.72. The highest BCUT2D eigenvalue weighted by Crippen LogP contribution is 2.40. The van der Waals surface area contributed by atoms with Gasteiger partial charge in [-0.1, -0.05) is 24.3 Å². The molecule has 2 aromatic carbocycles. The molecule has 126 valence electrons. The molecule has 0 aliphatic carbocycles. The van der Waals surface area contributed by atoms with Gasteiger partial charge in [-0.05, 0) is 42.8 Å². The molecule has 24 heavy (non-hydrogen) atoms. The number of para-hydroxylation sites is 2. The van der Waals surface area contributed by atoms with Gasteiger partial charge in [0.1, 0.15) is 17.2 Å². The van der Waals surface area contributed by atoms with E-state index in [2.05, 4.69) is 12.1 Å². The van der Waals surface area contributed by atoms with Gasteiger partial charge in [0.15, 0.2) is 0 Å². The van der Waals surface area contributed by atoms with Crippen molar-refractivity contribution in [2.24, 2.45) is 10.8 Å². The number of methoxy groups -OCH3 is 2. The first-order chi connectivity index (χ1) is 11.8. The Morgan fingerprint density at radius 3 is 2.71 bits per heavy atom. The number of ether oxygens (including phenoxy) is 2. The maximum Gasteiger partial charge on any atom is 0.144 e. The molecule has 0 bridgehead atoms. The van der Waals surface area contributed by atoms with Crippen molar-refractivity contribution in [2.45, 2.75) is 18.9 Å². The Balaban J connectivity index is 2.01. The predicted octanol–water partition coefficient (Wildman–Crippen LogP) is 3.36. The fourth-order valence-electron chi connectivity index (χ4n) is 3.04. The van der Waals surface area contributed by atoms with Crippen LogP contribution in [0.4, 0.5) is 5.69 Å². The summed E-state index contributed by atoms with van der Waals surface area (Å²) in [7, 11) is 3.36. The van der Waals surface area contributed by atoms with Crippen molar-refractivity contribution in [1.29, 1.82) is 0 Å². The van der Waals surface area contributed by atoms with Crippen molar-refractivity contribution in [3.63, 3.8) is 0 Å². The molecular formula is C19H23N3O2. The first-order valence-electron chi connectivity index (χ1n) is 8.09. The van der Waals surface area contributed by atoms with Crippen LogP contribution in [0, 0.1) is 0 Å². The van der Waals surface area contributed by atoms with Crippen molar-refractivity contribution >= 4 is 11.4 Å². The predicted molar refractivity (Wildman–Crippen MR) is 96.9 cm³/mol. The lowest BCUT2D eigenvalue weighted by molar-refractivity contribution is 0.412. The van der Waals surface area contributed by atoms with Crippen LogP contribution in [0.2, 0.25) is 0 Å². The molecule has 1 aliphatic rings. The number of rotatable bonds is 6. The summed E-state index contributed by atoms with van der Waals surface area (Å²) in [4.78, 5) is 0. The molecule has 0 saturated heterocycles. The smallest absolute Gasteiger partial charge is 0.144 e. The molecule has 0 spiro atoms. The molecule has 1 heterocycles. The van der Waals surface area contributed by atoms with Crippen molar-refractivity contribution in [1.82, 2.24) is 0 Å². The molecule has 0 radical (unpaired) electrons. The van der Waals surface area contributed by atoms with E-state index in [4.69, 9.17) is 20.3 Å². The number of anilines is 1. The molecule has 0 amide bonds. The molecular weight excluding hydrogens is 302 g/mol. The number of nitrogens with two attached hydrogens (primary N) is 1. The van der Waals surface area contributed by atoms with Crippen LogP contribution in [0.3, 0.4) is 0 Å². The number of benzene rings is 2. The van der Waals surface area contributed by atoms with Gasteiger partial charge in [0.05, 0.1) is 20.3 Å². The van der Waals surface area contributed by atoms with E-state index in [0.29, 0.717) is 6.54 Å². The van der Waals surface area contributed by atoms with Gasteiger partial charge in [-0.25, -0.2) is 0 Å². The monoisotopic (exact) mass is 325 g/mol. The minimum Gasteiger partial charge on any atom is -0.497 e. The van der Waals surface area contributed by atoms with E-state index in [1.165, 1.54) is 0 Å². The SMILES string of the molecule is COc1cccc(C2CC(CCN)=NN2c2ccccc2OC)c1. The second-order valence-corrected chi connectivity index (χ2v) is 5.72. The lowest BCUT2D eigenvalue weighted by Gasteiger charge is -2.25. The highest BCUT2D eigenvalue weighted by atomic mass is 16.5. The molecule has 1 unspecified atom stereocenters. The summed E-state index contributed by atoms with van der Waals surface area (Å²) in [5, 5.41) is 6.86. The summed E-state index contributed by atoms with van der Waals surface area (Å²) < 4.78 is 10.9. The number of hydrogen-bond acceptors (Lipinski definition) is 5. The molecule has 0 saturated carbocycles. The van der Waals surface area contributed by atoms with Crippen molar-refractivity contribution < 1.29 is 9.47 Å². The lowest BCUT2D eigenvalue weighted by Crippen LogP contribution is -2.19. The molecule has 2 aromatic rings. The fourth-order valence-corrected chi connectivity index (χ4v) is 3.04. The van der Waals surface area contributed by atoms with Crippen molar-refractivity contribution in [2.75, 3.05) is 25.8 Å². The Morgan fingerprint density at radius 2 is 1.96 bits per heavy atom. The zero-order valence-corrected chi connectivity index (χ0v) is 14.1. The van der Waals surface area contributed by atoms with E-state index in [1.54, 1.807) is 14.2 Å². The highest BCUT2D eigenvalue weighted by molar-refractivity contribution is 5.89. The third kappa shape index (κ3) is 3.21. The van der Waals surface area contributed by atoms with Crippen LogP contribution >= 0.6 is 0 Å². The van der Waals surface area contributed by atoms with Crippen molar-refractivity contribution in [3.05, 3.63) is 54.1 Å². The Kier molecular flexibility index (Phi) is 5.01. The molecule has 0 aromatic heterocycles. The zero-order chi connectivity index (χ0) is 16.9. The summed E-state index contributed by atoms with van der Waals surface area (Å²) in [6.07, 6.45) is 1.65. The molecule has 1 atom stereocenters. The topological polar surface area (TPSA) is 60.1 Å². The molecule has 5 heteroatoms. The first kappa shape index (κ1) is 16.3. The van der Waals surface area contributed by atoms with Crippen LogP contribution in [0.15, 0.2) is 53.6 Å². The van der Waals surface area contributed by atoms with Crippen LogP contribution in [-0.4, -0.2) is 26.5 Å². The summed E-state index contributed by atoms with van der Waals surface area (Å²) in [5.74, 6) is 1.66. The van der Waals surface area contributed by atoms with E-state index >= 15 is 0 Å². The number of hydrogen-bond donors (Lipinski definition) is 1. The van der Waals surface area contributed by atoms with Crippen LogP contribution in [0.1, 0.15) is 24.4 Å². The van der Waals surface area contributed by atoms with Gasteiger partial charge >= 0.3 is 0 Å². The first-order valence-corrected chi connectivity index (χ1v) is 8.09. The second kappa shape index (κ2) is 7.36. The summed E-state index contributed by atoms with van der Waals surface area (Å²) in [5.41, 5.74) is 8.96. The van der Waals surface area contributed by atoms with Gasteiger partial charge in [-0.2, -0.15) is 5.10 Å². The minimum absolute atomic E-state index is 0.109. The van der Waals surface area contributed by atoms with E-state index in [1.807, 2.05) is 41.4 Å². The Morgan fingerprint density at radius 1 is 1.12 bits per heavy atom. The summed E-state index contributed by atoms with van der Waals surface area (Å²) in [6.45, 7) is 0.601. The van der Waals surface area contributed by atoms with E-state index in [0.717, 1.165) is 41.3 Å². The average Bonchev–Trinajstić information content (AvgIpc) is 3.06. The highest BCUT2D eigenvalue weighted by Gasteiger charge is 2.30. The molecule has 0 fully saturated rings. The maximum atomic E-state index is 5.73. The Labute approximate surface area is 142 Å². The zero-order valence-electron chi connectivity index (χ0n) is 14.1. The molecule has 5 nitrogen and oxygen atoms in total. The summed E-state index contributed by atoms with van der Waals surface area (Å²) in [6, 6.07) is 16.2. The minimum atomic E-state index is 0.109. The lowest BCUT2D eigenvalue weighted by atomic mass is 10.00. The quantitative estimate of drug-likeness (QED) is 0.885. The van der Waals surface area contributed by atoms with Gasteiger partial charge in [-0.3, -0.25) is 5.01 Å². The van der Waals surface area contributed by atoms with Crippen LogP contribution in [0.25, 0.3) is 0 Å². The van der Waals surface area contributed by atoms with Crippen molar-refractivity contribution in [3.8, 4) is 11.5 Å². The maximum absolute atomic E-state index is 5.73. The van der Waals surface area contributed by atoms with E-state index in [9.17, 15) is 0 Å². The molecule has 3 rings (SSSR count). The van der Waals surface area contributed by atoms with Gasteiger partial charge in [-0.15, -0.1) is 0 Å². The van der Waals surface area contributed by atoms with Crippen LogP contribution in [-0.2, 0) is 0 Å². The van der Waals surface area contributed by atoms with Gasteiger partial charge in [0.25, 0.3) is 0 Å². The largest absolute Gasteiger partial charge is 0.497 e. The van der Waals surface area contributed by atoms with E-state index < -0.39 is 0 Å². The third-order valence-corrected chi connectivity index (χ3v) is 4.22.